The summed E-state index contributed by atoms with van der Waals surface area (Å²) in [5, 5.41) is 14.4. The van der Waals surface area contributed by atoms with Crippen molar-refractivity contribution in [1.82, 2.24) is 9.78 Å². The van der Waals surface area contributed by atoms with Gasteiger partial charge in [0.05, 0.1) is 11.8 Å². The highest BCUT2D eigenvalue weighted by Crippen LogP contribution is 2.25. The summed E-state index contributed by atoms with van der Waals surface area (Å²) in [7, 11) is 0. The van der Waals surface area contributed by atoms with Crippen molar-refractivity contribution in [2.24, 2.45) is 5.92 Å². The maximum atomic E-state index is 10.2. The summed E-state index contributed by atoms with van der Waals surface area (Å²) in [5.74, 6) is 0.308. The van der Waals surface area contributed by atoms with Crippen molar-refractivity contribution in [1.29, 1.82) is 0 Å². The van der Waals surface area contributed by atoms with Crippen molar-refractivity contribution in [3.05, 3.63) is 18.0 Å². The summed E-state index contributed by atoms with van der Waals surface area (Å²) in [5.41, 5.74) is 0.956. The van der Waals surface area contributed by atoms with Gasteiger partial charge in [-0.15, -0.1) is 0 Å². The molecule has 0 aromatic carbocycles. The van der Waals surface area contributed by atoms with E-state index in [1.54, 1.807) is 6.20 Å². The molecule has 1 aromatic rings. The van der Waals surface area contributed by atoms with Crippen LogP contribution in [0.25, 0.3) is 0 Å². The van der Waals surface area contributed by atoms with Crippen molar-refractivity contribution in [3.63, 3.8) is 0 Å². The molecular weight excluding hydrogens is 188 g/mol. The quantitative estimate of drug-likeness (QED) is 0.784. The minimum absolute atomic E-state index is 0.308. The Labute approximate surface area is 92.1 Å². The van der Waals surface area contributed by atoms with Crippen LogP contribution in [-0.2, 0) is 6.54 Å². The van der Waals surface area contributed by atoms with Gasteiger partial charge in [0.25, 0.3) is 0 Å². The zero-order valence-electron chi connectivity index (χ0n) is 9.98. The molecule has 0 saturated carbocycles. The van der Waals surface area contributed by atoms with Gasteiger partial charge in [0.1, 0.15) is 0 Å². The van der Waals surface area contributed by atoms with Crippen LogP contribution in [-0.4, -0.2) is 14.9 Å². The standard InChI is InChI=1S/C12H22N2O/c1-4-6-10(3)12(15)11-7-8-13-14(11)9-5-2/h7-8,10,12,15H,4-6,9H2,1-3H3. The molecule has 1 rings (SSSR count). The maximum absolute atomic E-state index is 10.2. The molecule has 0 fully saturated rings. The first kappa shape index (κ1) is 12.2. The Morgan fingerprint density at radius 2 is 2.13 bits per heavy atom. The van der Waals surface area contributed by atoms with Crippen molar-refractivity contribution < 1.29 is 5.11 Å². The molecule has 3 nitrogen and oxygen atoms in total. The molecule has 0 bridgehead atoms. The van der Waals surface area contributed by atoms with E-state index >= 15 is 0 Å². The fourth-order valence-corrected chi connectivity index (χ4v) is 1.90. The minimum atomic E-state index is -0.376. The number of rotatable bonds is 6. The van der Waals surface area contributed by atoms with E-state index in [2.05, 4.69) is 25.9 Å². The van der Waals surface area contributed by atoms with E-state index in [1.165, 1.54) is 0 Å². The van der Waals surface area contributed by atoms with Crippen molar-refractivity contribution in [2.45, 2.75) is 52.7 Å². The molecular formula is C12H22N2O. The van der Waals surface area contributed by atoms with Crippen molar-refractivity contribution in [2.75, 3.05) is 0 Å². The number of aliphatic hydroxyl groups is 1. The molecule has 2 atom stereocenters. The lowest BCUT2D eigenvalue weighted by Gasteiger charge is -2.19. The molecule has 1 aromatic heterocycles. The van der Waals surface area contributed by atoms with Crippen LogP contribution in [0.4, 0.5) is 0 Å². The average molecular weight is 210 g/mol. The second-order valence-corrected chi connectivity index (χ2v) is 4.19. The van der Waals surface area contributed by atoms with Crippen LogP contribution in [0.15, 0.2) is 12.3 Å². The molecule has 1 heterocycles. The lowest BCUT2D eigenvalue weighted by Crippen LogP contribution is -2.15. The SMILES string of the molecule is CCCC(C)C(O)c1ccnn1CCC. The largest absolute Gasteiger partial charge is 0.387 e. The van der Waals surface area contributed by atoms with Gasteiger partial charge in [0.15, 0.2) is 0 Å². The summed E-state index contributed by atoms with van der Waals surface area (Å²) in [6.07, 6.45) is 4.61. The summed E-state index contributed by atoms with van der Waals surface area (Å²) in [4.78, 5) is 0. The third-order valence-corrected chi connectivity index (χ3v) is 2.77. The average Bonchev–Trinajstić information content (AvgIpc) is 2.66. The Balaban J connectivity index is 2.71. The van der Waals surface area contributed by atoms with Crippen molar-refractivity contribution >= 4 is 0 Å². The van der Waals surface area contributed by atoms with Gasteiger partial charge in [0, 0.05) is 12.7 Å². The molecule has 0 aliphatic rings. The van der Waals surface area contributed by atoms with Gasteiger partial charge < -0.3 is 5.11 Å². The van der Waals surface area contributed by atoms with Crippen molar-refractivity contribution in [3.8, 4) is 0 Å². The lowest BCUT2D eigenvalue weighted by atomic mass is 9.97. The predicted molar refractivity (Wildman–Crippen MR) is 61.5 cm³/mol. The van der Waals surface area contributed by atoms with Gasteiger partial charge in [0.2, 0.25) is 0 Å². The second-order valence-electron chi connectivity index (χ2n) is 4.19. The van der Waals surface area contributed by atoms with Gasteiger partial charge in [-0.25, -0.2) is 0 Å². The topological polar surface area (TPSA) is 38.1 Å². The fourth-order valence-electron chi connectivity index (χ4n) is 1.90. The molecule has 15 heavy (non-hydrogen) atoms. The number of aryl methyl sites for hydroxylation is 1. The Kier molecular flexibility index (Phi) is 4.82. The molecule has 0 aliphatic heterocycles. The number of aliphatic hydroxyl groups excluding tert-OH is 1. The van der Waals surface area contributed by atoms with Crippen LogP contribution in [0.5, 0.6) is 0 Å². The number of nitrogens with zero attached hydrogens (tertiary/aromatic N) is 2. The van der Waals surface area contributed by atoms with Gasteiger partial charge in [-0.05, 0) is 24.8 Å². The third kappa shape index (κ3) is 3.06. The van der Waals surface area contributed by atoms with E-state index in [-0.39, 0.29) is 6.10 Å². The Morgan fingerprint density at radius 3 is 2.73 bits per heavy atom. The van der Waals surface area contributed by atoms with Gasteiger partial charge >= 0.3 is 0 Å². The van der Waals surface area contributed by atoms with E-state index in [4.69, 9.17) is 0 Å². The molecule has 0 aliphatic carbocycles. The molecule has 86 valence electrons. The Morgan fingerprint density at radius 1 is 1.40 bits per heavy atom. The lowest BCUT2D eigenvalue weighted by molar-refractivity contribution is 0.103. The van der Waals surface area contributed by atoms with E-state index < -0.39 is 0 Å². The first-order chi connectivity index (χ1) is 7.20. The highest BCUT2D eigenvalue weighted by atomic mass is 16.3. The smallest absolute Gasteiger partial charge is 0.0982 e. The zero-order valence-corrected chi connectivity index (χ0v) is 9.98. The number of hydrogen-bond donors (Lipinski definition) is 1. The summed E-state index contributed by atoms with van der Waals surface area (Å²) >= 11 is 0. The third-order valence-electron chi connectivity index (χ3n) is 2.77. The Hall–Kier alpha value is -0.830. The predicted octanol–water partition coefficient (Wildman–Crippen LogP) is 2.76. The minimum Gasteiger partial charge on any atom is -0.387 e. The summed E-state index contributed by atoms with van der Waals surface area (Å²) in [6.45, 7) is 7.25. The zero-order chi connectivity index (χ0) is 11.3. The second kappa shape index (κ2) is 5.91. The first-order valence-electron chi connectivity index (χ1n) is 5.90. The first-order valence-corrected chi connectivity index (χ1v) is 5.90. The molecule has 3 heteroatoms. The van der Waals surface area contributed by atoms with Gasteiger partial charge in [-0.2, -0.15) is 5.10 Å². The molecule has 0 radical (unpaired) electrons. The van der Waals surface area contributed by atoms with Gasteiger partial charge in [-0.3, -0.25) is 4.68 Å². The summed E-state index contributed by atoms with van der Waals surface area (Å²) < 4.78 is 1.91. The van der Waals surface area contributed by atoms with Crippen LogP contribution in [0.1, 0.15) is 51.8 Å². The molecule has 0 spiro atoms. The normalized spacial score (nSPS) is 15.2. The molecule has 2 unspecified atom stereocenters. The number of hydrogen-bond acceptors (Lipinski definition) is 2. The van der Waals surface area contributed by atoms with Gasteiger partial charge in [-0.1, -0.05) is 27.2 Å². The molecule has 1 N–H and O–H groups in total. The number of aromatic nitrogens is 2. The Bertz CT molecular complexity index is 283. The van der Waals surface area contributed by atoms with Crippen LogP contribution in [0.3, 0.4) is 0 Å². The molecule has 0 saturated heterocycles. The highest BCUT2D eigenvalue weighted by Gasteiger charge is 2.18. The summed E-state index contributed by atoms with van der Waals surface area (Å²) in [6, 6.07) is 1.92. The maximum Gasteiger partial charge on any atom is 0.0982 e. The van der Waals surface area contributed by atoms with Crippen LogP contribution < -0.4 is 0 Å². The van der Waals surface area contributed by atoms with E-state index in [0.717, 1.165) is 31.5 Å². The van der Waals surface area contributed by atoms with Crippen LogP contribution >= 0.6 is 0 Å². The van der Waals surface area contributed by atoms with Crippen LogP contribution in [0, 0.1) is 5.92 Å². The van der Waals surface area contributed by atoms with E-state index in [0.29, 0.717) is 5.92 Å². The highest BCUT2D eigenvalue weighted by molar-refractivity contribution is 5.05. The molecule has 0 amide bonds. The van der Waals surface area contributed by atoms with E-state index in [1.807, 2.05) is 10.7 Å². The monoisotopic (exact) mass is 210 g/mol. The van der Waals surface area contributed by atoms with E-state index in [9.17, 15) is 5.11 Å². The fraction of sp³-hybridized carbons (Fsp3) is 0.750. The van der Waals surface area contributed by atoms with Crippen LogP contribution in [0.2, 0.25) is 0 Å².